The molecule has 0 spiro atoms. The van der Waals surface area contributed by atoms with E-state index in [4.69, 9.17) is 4.74 Å². The average Bonchev–Trinajstić information content (AvgIpc) is 2.23. The third-order valence-electron chi connectivity index (χ3n) is 3.70. The lowest BCUT2D eigenvalue weighted by atomic mass is 9.85. The number of halogens is 1. The van der Waals surface area contributed by atoms with Gasteiger partial charge in [0, 0.05) is 24.5 Å². The molecule has 0 aromatic heterocycles. The van der Waals surface area contributed by atoms with Crippen LogP contribution in [0.5, 0.6) is 0 Å². The van der Waals surface area contributed by atoms with Gasteiger partial charge in [-0.1, -0.05) is 0 Å². The molecule has 2 rings (SSSR count). The van der Waals surface area contributed by atoms with E-state index in [1.165, 1.54) is 0 Å². The largest absolute Gasteiger partial charge is 0.377 e. The number of rotatable bonds is 3. The molecule has 0 N–H and O–H groups in total. The van der Waals surface area contributed by atoms with E-state index in [-0.39, 0.29) is 17.7 Å². The van der Waals surface area contributed by atoms with E-state index < -0.39 is 6.17 Å². The molecule has 14 heavy (non-hydrogen) atoms. The van der Waals surface area contributed by atoms with Crippen LogP contribution in [0, 0.1) is 0 Å². The van der Waals surface area contributed by atoms with Crippen LogP contribution in [0.3, 0.4) is 0 Å². The van der Waals surface area contributed by atoms with Crippen LogP contribution in [0.4, 0.5) is 4.39 Å². The molecule has 0 aliphatic carbocycles. The Hall–Kier alpha value is -0.150. The van der Waals surface area contributed by atoms with E-state index >= 15 is 0 Å². The first kappa shape index (κ1) is 10.4. The molecule has 2 saturated heterocycles. The molecule has 0 amide bonds. The monoisotopic (exact) mass is 201 g/mol. The van der Waals surface area contributed by atoms with Gasteiger partial charge in [0.05, 0.1) is 12.7 Å². The van der Waals surface area contributed by atoms with Crippen molar-refractivity contribution in [3.05, 3.63) is 0 Å². The summed E-state index contributed by atoms with van der Waals surface area (Å²) in [6.07, 6.45) is 1.36. The second-order valence-corrected chi connectivity index (χ2v) is 4.99. The van der Waals surface area contributed by atoms with Gasteiger partial charge in [-0.3, -0.25) is 4.90 Å². The van der Waals surface area contributed by atoms with E-state index in [1.807, 2.05) is 20.8 Å². The molecule has 0 radical (unpaired) electrons. The number of alkyl halides is 1. The van der Waals surface area contributed by atoms with Crippen LogP contribution >= 0.6 is 0 Å². The van der Waals surface area contributed by atoms with Crippen LogP contribution in [-0.4, -0.2) is 41.9 Å². The molecule has 2 nitrogen and oxygen atoms in total. The lowest BCUT2D eigenvalue weighted by Crippen LogP contribution is -2.60. The summed E-state index contributed by atoms with van der Waals surface area (Å²) in [4.78, 5) is 2.28. The van der Waals surface area contributed by atoms with E-state index in [0.29, 0.717) is 13.0 Å². The molecule has 0 bridgehead atoms. The topological polar surface area (TPSA) is 12.5 Å². The van der Waals surface area contributed by atoms with Crippen molar-refractivity contribution in [2.24, 2.45) is 0 Å². The molecule has 3 atom stereocenters. The lowest BCUT2D eigenvalue weighted by molar-refractivity contribution is -0.0770. The molecule has 0 unspecified atom stereocenters. The van der Waals surface area contributed by atoms with Crippen LogP contribution < -0.4 is 0 Å². The molecule has 2 fully saturated rings. The highest BCUT2D eigenvalue weighted by Crippen LogP contribution is 2.45. The van der Waals surface area contributed by atoms with Crippen LogP contribution in [0.15, 0.2) is 0 Å². The first-order valence-electron chi connectivity index (χ1n) is 5.57. The van der Waals surface area contributed by atoms with Crippen LogP contribution in [-0.2, 0) is 4.74 Å². The minimum absolute atomic E-state index is 0.0447. The SMILES string of the molecule is CC(C)OC[C@@]12CCN1[C@H](C)[C@@H](F)C2. The Morgan fingerprint density at radius 3 is 2.71 bits per heavy atom. The van der Waals surface area contributed by atoms with Crippen molar-refractivity contribution in [3.63, 3.8) is 0 Å². The van der Waals surface area contributed by atoms with Gasteiger partial charge in [-0.2, -0.15) is 0 Å². The molecule has 0 aromatic carbocycles. The zero-order valence-electron chi connectivity index (χ0n) is 9.29. The third kappa shape index (κ3) is 1.47. The zero-order valence-corrected chi connectivity index (χ0v) is 9.29. The summed E-state index contributed by atoms with van der Waals surface area (Å²) < 4.78 is 19.2. The highest BCUT2D eigenvalue weighted by Gasteiger charge is 2.55. The Kier molecular flexibility index (Phi) is 2.56. The molecule has 3 heteroatoms. The van der Waals surface area contributed by atoms with E-state index in [9.17, 15) is 4.39 Å². The van der Waals surface area contributed by atoms with Gasteiger partial charge in [-0.15, -0.1) is 0 Å². The predicted octanol–water partition coefficient (Wildman–Crippen LogP) is 1.99. The summed E-state index contributed by atoms with van der Waals surface area (Å²) in [5.41, 5.74) is 0.0447. The van der Waals surface area contributed by atoms with Gasteiger partial charge in [0.1, 0.15) is 6.17 Å². The molecule has 2 aliphatic rings. The molecular formula is C11H20FNO. The predicted molar refractivity (Wildman–Crippen MR) is 54.1 cm³/mol. The van der Waals surface area contributed by atoms with Gasteiger partial charge in [-0.25, -0.2) is 4.39 Å². The Bertz CT molecular complexity index is 221. The molecular weight excluding hydrogens is 181 g/mol. The Labute approximate surface area is 85.4 Å². The van der Waals surface area contributed by atoms with Crippen LogP contribution in [0.1, 0.15) is 33.6 Å². The van der Waals surface area contributed by atoms with Gasteiger partial charge in [0.2, 0.25) is 0 Å². The van der Waals surface area contributed by atoms with E-state index in [0.717, 1.165) is 13.0 Å². The van der Waals surface area contributed by atoms with Gasteiger partial charge in [-0.05, 0) is 27.2 Å². The number of hydrogen-bond donors (Lipinski definition) is 0. The first-order chi connectivity index (χ1) is 6.55. The second-order valence-electron chi connectivity index (χ2n) is 4.99. The summed E-state index contributed by atoms with van der Waals surface area (Å²) in [5.74, 6) is 0. The molecule has 0 aromatic rings. The third-order valence-corrected chi connectivity index (χ3v) is 3.70. The normalized spacial score (nSPS) is 42.6. The highest BCUT2D eigenvalue weighted by atomic mass is 19.1. The van der Waals surface area contributed by atoms with Crippen molar-refractivity contribution in [1.29, 1.82) is 0 Å². The fraction of sp³-hybridized carbons (Fsp3) is 1.00. The van der Waals surface area contributed by atoms with Gasteiger partial charge >= 0.3 is 0 Å². The number of fused-ring (bicyclic) bond motifs is 1. The molecule has 2 heterocycles. The highest BCUT2D eigenvalue weighted by molar-refractivity contribution is 5.10. The summed E-state index contributed by atoms with van der Waals surface area (Å²) in [6, 6.07) is 0.0968. The number of nitrogens with zero attached hydrogens (tertiary/aromatic N) is 1. The van der Waals surface area contributed by atoms with Gasteiger partial charge < -0.3 is 4.74 Å². The van der Waals surface area contributed by atoms with Crippen LogP contribution in [0.2, 0.25) is 0 Å². The lowest BCUT2D eigenvalue weighted by Gasteiger charge is -2.49. The van der Waals surface area contributed by atoms with Crippen molar-refractivity contribution in [2.45, 2.75) is 57.5 Å². The quantitative estimate of drug-likeness (QED) is 0.692. The fourth-order valence-corrected chi connectivity index (χ4v) is 2.68. The van der Waals surface area contributed by atoms with Crippen molar-refractivity contribution in [1.82, 2.24) is 4.90 Å². The first-order valence-corrected chi connectivity index (χ1v) is 5.57. The summed E-state index contributed by atoms with van der Waals surface area (Å²) >= 11 is 0. The van der Waals surface area contributed by atoms with Crippen molar-refractivity contribution in [3.8, 4) is 0 Å². The minimum Gasteiger partial charge on any atom is -0.377 e. The molecule has 0 saturated carbocycles. The maximum Gasteiger partial charge on any atom is 0.117 e. The summed E-state index contributed by atoms with van der Waals surface area (Å²) in [6.45, 7) is 7.80. The average molecular weight is 201 g/mol. The Morgan fingerprint density at radius 2 is 2.29 bits per heavy atom. The fourth-order valence-electron chi connectivity index (χ4n) is 2.68. The van der Waals surface area contributed by atoms with Crippen molar-refractivity contribution < 1.29 is 9.13 Å². The molecule has 82 valence electrons. The summed E-state index contributed by atoms with van der Waals surface area (Å²) in [5, 5.41) is 0. The number of ether oxygens (including phenoxy) is 1. The van der Waals surface area contributed by atoms with Gasteiger partial charge in [0.25, 0.3) is 0 Å². The standard InChI is InChI=1S/C11H20FNO/c1-8(2)14-7-11-4-5-13(11)9(3)10(12)6-11/h8-10H,4-7H2,1-3H3/t9-,10+,11+/m1/s1. The van der Waals surface area contributed by atoms with E-state index in [1.54, 1.807) is 0 Å². The van der Waals surface area contributed by atoms with Crippen molar-refractivity contribution >= 4 is 0 Å². The smallest absolute Gasteiger partial charge is 0.117 e. The second kappa shape index (κ2) is 3.46. The number of hydrogen-bond acceptors (Lipinski definition) is 2. The van der Waals surface area contributed by atoms with Gasteiger partial charge in [0.15, 0.2) is 0 Å². The van der Waals surface area contributed by atoms with E-state index in [2.05, 4.69) is 4.90 Å². The molecule has 2 aliphatic heterocycles. The van der Waals surface area contributed by atoms with Crippen molar-refractivity contribution in [2.75, 3.05) is 13.2 Å². The zero-order chi connectivity index (χ0) is 10.3. The van der Waals surface area contributed by atoms with Crippen LogP contribution in [0.25, 0.3) is 0 Å². The summed E-state index contributed by atoms with van der Waals surface area (Å²) in [7, 11) is 0. The Morgan fingerprint density at radius 1 is 1.57 bits per heavy atom. The minimum atomic E-state index is -0.659. The Balaban J connectivity index is 1.96. The maximum absolute atomic E-state index is 13.5. The maximum atomic E-state index is 13.5.